The van der Waals surface area contributed by atoms with E-state index >= 15 is 0 Å². The minimum absolute atomic E-state index is 0.264. The molecule has 23 heavy (non-hydrogen) atoms. The van der Waals surface area contributed by atoms with E-state index in [9.17, 15) is 9.59 Å². The molecule has 0 spiro atoms. The maximum Gasteiger partial charge on any atom is 0.302 e. The highest BCUT2D eigenvalue weighted by Gasteiger charge is 2.33. The number of esters is 2. The van der Waals surface area contributed by atoms with Gasteiger partial charge in [0.1, 0.15) is 13.2 Å². The summed E-state index contributed by atoms with van der Waals surface area (Å²) < 4.78 is 27.0. The second-order valence-corrected chi connectivity index (χ2v) is 14.8. The summed E-state index contributed by atoms with van der Waals surface area (Å²) in [7, 11) is -3.94. The average Bonchev–Trinajstić information content (AvgIpc) is 2.35. The van der Waals surface area contributed by atoms with Gasteiger partial charge in [-0.2, -0.15) is 0 Å². The van der Waals surface area contributed by atoms with Crippen molar-refractivity contribution in [1.82, 2.24) is 0 Å². The Morgan fingerprint density at radius 1 is 0.696 bits per heavy atom. The third kappa shape index (κ3) is 14.6. The number of ether oxygens (including phenoxy) is 4. The molecule has 136 valence electrons. The lowest BCUT2D eigenvalue weighted by molar-refractivity contribution is -0.143. The first-order chi connectivity index (χ1) is 10.5. The number of carbonyl (C=O) groups is 2. The van der Waals surface area contributed by atoms with Crippen molar-refractivity contribution in [3.8, 4) is 0 Å². The highest BCUT2D eigenvalue weighted by molar-refractivity contribution is 6.84. The van der Waals surface area contributed by atoms with E-state index in [1.807, 2.05) is 0 Å². The maximum absolute atomic E-state index is 10.6. The molecule has 0 aromatic carbocycles. The first kappa shape index (κ1) is 22.3. The molecular formula is C14H30O7Si2. The molecule has 0 heterocycles. The van der Waals surface area contributed by atoms with Crippen LogP contribution in [0.5, 0.6) is 0 Å². The number of hydrogen-bond donors (Lipinski definition) is 0. The molecule has 0 rings (SSSR count). The van der Waals surface area contributed by atoms with E-state index in [1.54, 1.807) is 0 Å². The molecule has 0 aliphatic carbocycles. The van der Waals surface area contributed by atoms with E-state index in [4.69, 9.17) is 23.1 Å². The Labute approximate surface area is 140 Å². The van der Waals surface area contributed by atoms with Gasteiger partial charge in [0.25, 0.3) is 0 Å². The maximum atomic E-state index is 10.6. The van der Waals surface area contributed by atoms with Gasteiger partial charge in [-0.05, 0) is 26.2 Å². The van der Waals surface area contributed by atoms with Crippen LogP contribution >= 0.6 is 0 Å². The lowest BCUT2D eigenvalue weighted by atomic mass is 10.7. The van der Waals surface area contributed by atoms with E-state index in [1.165, 1.54) is 13.8 Å². The molecule has 0 aliphatic rings. The zero-order chi connectivity index (χ0) is 17.9. The van der Waals surface area contributed by atoms with Crippen LogP contribution < -0.4 is 0 Å². The summed E-state index contributed by atoms with van der Waals surface area (Å²) in [6.45, 7) is 12.4. The van der Waals surface area contributed by atoms with Gasteiger partial charge in [0.05, 0.1) is 25.7 Å². The molecule has 0 bridgehead atoms. The average molecular weight is 367 g/mol. The first-order valence-corrected chi connectivity index (χ1v) is 13.9. The third-order valence-electron chi connectivity index (χ3n) is 2.52. The van der Waals surface area contributed by atoms with Gasteiger partial charge in [0.15, 0.2) is 16.6 Å². The van der Waals surface area contributed by atoms with E-state index in [0.29, 0.717) is 25.7 Å². The molecule has 7 nitrogen and oxygen atoms in total. The van der Waals surface area contributed by atoms with Gasteiger partial charge >= 0.3 is 11.9 Å². The third-order valence-corrected chi connectivity index (χ3v) is 8.74. The van der Waals surface area contributed by atoms with Crippen LogP contribution in [0.25, 0.3) is 0 Å². The predicted molar refractivity (Wildman–Crippen MR) is 91.0 cm³/mol. The topological polar surface area (TPSA) is 80.3 Å². The van der Waals surface area contributed by atoms with Crippen molar-refractivity contribution in [2.24, 2.45) is 0 Å². The lowest BCUT2D eigenvalue weighted by Gasteiger charge is -2.33. The quantitative estimate of drug-likeness (QED) is 0.295. The van der Waals surface area contributed by atoms with Crippen LogP contribution in [0, 0.1) is 0 Å². The van der Waals surface area contributed by atoms with Gasteiger partial charge in [-0.15, -0.1) is 0 Å². The summed E-state index contributed by atoms with van der Waals surface area (Å²) in [5.41, 5.74) is 0. The number of carbonyl (C=O) groups excluding carboxylic acids is 2. The summed E-state index contributed by atoms with van der Waals surface area (Å²) >= 11 is 0. The van der Waals surface area contributed by atoms with Crippen molar-refractivity contribution in [1.29, 1.82) is 0 Å². The Hall–Kier alpha value is -0.746. The monoisotopic (exact) mass is 366 g/mol. The van der Waals surface area contributed by atoms with Gasteiger partial charge < -0.3 is 23.1 Å². The van der Waals surface area contributed by atoms with Crippen LogP contribution in [0.3, 0.4) is 0 Å². The van der Waals surface area contributed by atoms with Crippen molar-refractivity contribution < 1.29 is 32.7 Å². The van der Waals surface area contributed by atoms with Crippen LogP contribution in [-0.4, -0.2) is 67.5 Å². The van der Waals surface area contributed by atoms with Crippen molar-refractivity contribution in [2.45, 2.75) is 40.0 Å². The molecule has 0 amide bonds. The highest BCUT2D eigenvalue weighted by Crippen LogP contribution is 2.15. The minimum Gasteiger partial charge on any atom is -0.463 e. The molecule has 0 atom stereocenters. The van der Waals surface area contributed by atoms with Crippen molar-refractivity contribution in [2.75, 3.05) is 38.9 Å². The standard InChI is InChI=1S/C14H30O7Si2/c1-13(15)19-9-7-17-11-22(3,4)21-23(5,6)12-18-8-10-20-14(2)16/h7-12H2,1-6H3. The van der Waals surface area contributed by atoms with Gasteiger partial charge in [-0.3, -0.25) is 9.59 Å². The molecule has 0 fully saturated rings. The fourth-order valence-electron chi connectivity index (χ4n) is 1.93. The fraction of sp³-hybridized carbons (Fsp3) is 0.857. The molecule has 0 saturated heterocycles. The summed E-state index contributed by atoms with van der Waals surface area (Å²) in [5.74, 6) is -0.610. The van der Waals surface area contributed by atoms with E-state index in [-0.39, 0.29) is 25.2 Å². The Morgan fingerprint density at radius 3 is 1.35 bits per heavy atom. The largest absolute Gasteiger partial charge is 0.463 e. The Kier molecular flexibility index (Phi) is 10.6. The summed E-state index contributed by atoms with van der Waals surface area (Å²) in [5, 5.41) is 0. The van der Waals surface area contributed by atoms with Crippen LogP contribution in [0.4, 0.5) is 0 Å². The molecule has 0 aliphatic heterocycles. The molecule has 0 aromatic heterocycles. The van der Waals surface area contributed by atoms with E-state index in [0.717, 1.165) is 0 Å². The van der Waals surface area contributed by atoms with E-state index in [2.05, 4.69) is 26.2 Å². The van der Waals surface area contributed by atoms with Crippen LogP contribution in [-0.2, 0) is 32.7 Å². The molecule has 0 radical (unpaired) electrons. The second kappa shape index (κ2) is 10.9. The summed E-state index contributed by atoms with van der Waals surface area (Å²) in [6, 6.07) is 0. The zero-order valence-corrected chi connectivity index (χ0v) is 17.1. The molecule has 0 aromatic rings. The molecular weight excluding hydrogens is 336 g/mol. The van der Waals surface area contributed by atoms with E-state index < -0.39 is 16.6 Å². The predicted octanol–water partition coefficient (Wildman–Crippen LogP) is 1.65. The van der Waals surface area contributed by atoms with Crippen molar-refractivity contribution in [3.63, 3.8) is 0 Å². The number of hydrogen-bond acceptors (Lipinski definition) is 7. The van der Waals surface area contributed by atoms with Gasteiger partial charge in [-0.1, -0.05) is 0 Å². The SMILES string of the molecule is CC(=O)OCCOC[Si](C)(C)O[Si](C)(C)COCCOC(C)=O. The first-order valence-electron chi connectivity index (χ1n) is 7.66. The highest BCUT2D eigenvalue weighted by atomic mass is 28.4. The Morgan fingerprint density at radius 2 is 1.04 bits per heavy atom. The van der Waals surface area contributed by atoms with Crippen LogP contribution in [0.1, 0.15) is 13.8 Å². The molecule has 9 heteroatoms. The smallest absolute Gasteiger partial charge is 0.302 e. The minimum atomic E-state index is -1.97. The second-order valence-electron chi connectivity index (χ2n) is 6.41. The van der Waals surface area contributed by atoms with Crippen molar-refractivity contribution in [3.05, 3.63) is 0 Å². The van der Waals surface area contributed by atoms with Gasteiger partial charge in [0, 0.05) is 13.8 Å². The normalized spacial score (nSPS) is 12.1. The zero-order valence-electron chi connectivity index (χ0n) is 15.1. The Bertz CT molecular complexity index is 338. The van der Waals surface area contributed by atoms with Crippen molar-refractivity contribution >= 4 is 28.6 Å². The van der Waals surface area contributed by atoms with Gasteiger partial charge in [-0.25, -0.2) is 0 Å². The Balaban J connectivity index is 3.94. The fourth-order valence-corrected chi connectivity index (χ4v) is 9.66. The molecule has 0 N–H and O–H groups in total. The number of rotatable bonds is 12. The summed E-state index contributed by atoms with van der Waals surface area (Å²) in [6.07, 6.45) is 1.08. The van der Waals surface area contributed by atoms with Crippen LogP contribution in [0.2, 0.25) is 26.2 Å². The molecule has 0 saturated carbocycles. The van der Waals surface area contributed by atoms with Crippen LogP contribution in [0.15, 0.2) is 0 Å². The van der Waals surface area contributed by atoms with Gasteiger partial charge in [0.2, 0.25) is 0 Å². The lowest BCUT2D eigenvalue weighted by Crippen LogP contribution is -2.50. The summed E-state index contributed by atoms with van der Waals surface area (Å²) in [4.78, 5) is 21.3. The molecule has 0 unspecified atom stereocenters.